The molecule has 0 amide bonds. The summed E-state index contributed by atoms with van der Waals surface area (Å²) in [5.74, 6) is 1.64. The molecule has 1 unspecified atom stereocenters. The summed E-state index contributed by atoms with van der Waals surface area (Å²) in [4.78, 5) is 0. The van der Waals surface area contributed by atoms with Gasteiger partial charge in [-0.3, -0.25) is 0 Å². The number of hydrogen-bond donors (Lipinski definition) is 1. The number of nitrogens with one attached hydrogen (secondary N) is 1. The number of rotatable bonds is 5. The van der Waals surface area contributed by atoms with Gasteiger partial charge in [-0.25, -0.2) is 0 Å². The molecule has 1 N–H and O–H groups in total. The van der Waals surface area contributed by atoms with Gasteiger partial charge in [0.1, 0.15) is 5.75 Å². The van der Waals surface area contributed by atoms with E-state index in [2.05, 4.69) is 41.7 Å². The van der Waals surface area contributed by atoms with E-state index in [0.717, 1.165) is 64.3 Å². The van der Waals surface area contributed by atoms with Crippen molar-refractivity contribution < 1.29 is 14.2 Å². The quantitative estimate of drug-likeness (QED) is 0.883. The lowest BCUT2D eigenvalue weighted by Gasteiger charge is -2.43. The number of hydrogen-bond acceptors (Lipinski definition) is 4. The van der Waals surface area contributed by atoms with Gasteiger partial charge in [0.15, 0.2) is 0 Å². The van der Waals surface area contributed by atoms with Gasteiger partial charge in [0.25, 0.3) is 0 Å². The van der Waals surface area contributed by atoms with Crippen molar-refractivity contribution in [2.45, 2.75) is 37.8 Å². The second-order valence-electron chi connectivity index (χ2n) is 7.65. The summed E-state index contributed by atoms with van der Waals surface area (Å²) in [7, 11) is 1.74. The molecule has 140 valence electrons. The Kier molecular flexibility index (Phi) is 5.44. The first-order valence-electron chi connectivity index (χ1n) is 9.76. The fraction of sp³-hybridized carbons (Fsp3) is 0.545. The van der Waals surface area contributed by atoms with Gasteiger partial charge in [0.2, 0.25) is 0 Å². The molecular formula is C22H29NO3. The summed E-state index contributed by atoms with van der Waals surface area (Å²) >= 11 is 0. The lowest BCUT2D eigenvalue weighted by Crippen LogP contribution is -2.46. The van der Waals surface area contributed by atoms with E-state index < -0.39 is 0 Å². The van der Waals surface area contributed by atoms with Crippen molar-refractivity contribution in [1.82, 2.24) is 5.32 Å². The van der Waals surface area contributed by atoms with Gasteiger partial charge in [0.05, 0.1) is 12.7 Å². The van der Waals surface area contributed by atoms with E-state index in [0.29, 0.717) is 5.92 Å². The average molecular weight is 355 g/mol. The fourth-order valence-electron chi connectivity index (χ4n) is 4.42. The van der Waals surface area contributed by atoms with Gasteiger partial charge in [-0.2, -0.15) is 0 Å². The summed E-state index contributed by atoms with van der Waals surface area (Å²) in [5, 5.41) is 6.07. The van der Waals surface area contributed by atoms with E-state index in [1.807, 2.05) is 0 Å². The second kappa shape index (κ2) is 7.95. The molecule has 0 saturated carbocycles. The van der Waals surface area contributed by atoms with Gasteiger partial charge in [0, 0.05) is 31.8 Å². The lowest BCUT2D eigenvalue weighted by atomic mass is 9.81. The van der Waals surface area contributed by atoms with Crippen LogP contribution in [0.2, 0.25) is 0 Å². The molecule has 2 heterocycles. The van der Waals surface area contributed by atoms with Crippen LogP contribution in [-0.2, 0) is 16.0 Å². The van der Waals surface area contributed by atoms with Gasteiger partial charge in [-0.05, 0) is 61.2 Å². The van der Waals surface area contributed by atoms with Crippen LogP contribution in [0.15, 0.2) is 36.4 Å². The Morgan fingerprint density at radius 1 is 1.15 bits per heavy atom. The summed E-state index contributed by atoms with van der Waals surface area (Å²) in [6, 6.07) is 12.8. The predicted molar refractivity (Wildman–Crippen MR) is 104 cm³/mol. The number of fused-ring (bicyclic) bond motifs is 1. The molecule has 0 aliphatic carbocycles. The molecule has 4 heteroatoms. The standard InChI is InChI=1S/C22H29NO3/c1-24-21-13-18(12-19-4-2-3-5-20(19)21)16-23-15-17-6-9-26-22(14-17)7-10-25-11-8-22/h2-5,12-13,17,23H,6-11,14-16H2,1H3. The van der Waals surface area contributed by atoms with Crippen LogP contribution in [0.5, 0.6) is 5.75 Å². The minimum Gasteiger partial charge on any atom is -0.496 e. The molecule has 1 atom stereocenters. The van der Waals surface area contributed by atoms with E-state index in [9.17, 15) is 0 Å². The van der Waals surface area contributed by atoms with Crippen LogP contribution < -0.4 is 10.1 Å². The first-order valence-corrected chi connectivity index (χ1v) is 9.76. The molecule has 26 heavy (non-hydrogen) atoms. The lowest BCUT2D eigenvalue weighted by molar-refractivity contribution is -0.146. The molecule has 1 spiro atoms. The fourth-order valence-corrected chi connectivity index (χ4v) is 4.42. The molecule has 4 rings (SSSR count). The third-order valence-electron chi connectivity index (χ3n) is 5.86. The zero-order valence-corrected chi connectivity index (χ0v) is 15.6. The van der Waals surface area contributed by atoms with E-state index in [1.165, 1.54) is 16.3 Å². The van der Waals surface area contributed by atoms with Gasteiger partial charge < -0.3 is 19.5 Å². The van der Waals surface area contributed by atoms with E-state index in [1.54, 1.807) is 7.11 Å². The van der Waals surface area contributed by atoms with E-state index >= 15 is 0 Å². The van der Waals surface area contributed by atoms with Crippen LogP contribution in [0.1, 0.15) is 31.2 Å². The Balaban J connectivity index is 1.36. The zero-order valence-electron chi connectivity index (χ0n) is 15.6. The number of benzene rings is 2. The average Bonchev–Trinajstić information content (AvgIpc) is 2.68. The Labute approximate surface area is 155 Å². The van der Waals surface area contributed by atoms with Crippen molar-refractivity contribution in [3.05, 3.63) is 42.0 Å². The van der Waals surface area contributed by atoms with Crippen LogP contribution in [0.3, 0.4) is 0 Å². The SMILES string of the molecule is COc1cc(CNCC2CCOC3(CCOCC3)C2)cc2ccccc12. The van der Waals surface area contributed by atoms with Crippen molar-refractivity contribution in [2.75, 3.05) is 33.5 Å². The molecule has 2 aromatic rings. The molecule has 2 saturated heterocycles. The van der Waals surface area contributed by atoms with Crippen LogP contribution >= 0.6 is 0 Å². The third-order valence-corrected chi connectivity index (χ3v) is 5.86. The number of ether oxygens (including phenoxy) is 3. The summed E-state index contributed by atoms with van der Waals surface area (Å²) in [6.45, 7) is 4.49. The Morgan fingerprint density at radius 3 is 2.85 bits per heavy atom. The summed E-state index contributed by atoms with van der Waals surface area (Å²) in [5.41, 5.74) is 1.35. The zero-order chi connectivity index (χ0) is 17.8. The highest BCUT2D eigenvalue weighted by Gasteiger charge is 2.38. The molecule has 2 fully saturated rings. The monoisotopic (exact) mass is 355 g/mol. The minimum absolute atomic E-state index is 0.0784. The highest BCUT2D eigenvalue weighted by Crippen LogP contribution is 2.36. The molecular weight excluding hydrogens is 326 g/mol. The van der Waals surface area contributed by atoms with Crippen LogP contribution in [0, 0.1) is 5.92 Å². The van der Waals surface area contributed by atoms with Crippen molar-refractivity contribution in [1.29, 1.82) is 0 Å². The highest BCUT2D eigenvalue weighted by molar-refractivity contribution is 5.89. The molecule has 4 nitrogen and oxygen atoms in total. The Bertz CT molecular complexity index is 734. The van der Waals surface area contributed by atoms with Crippen molar-refractivity contribution in [3.8, 4) is 5.75 Å². The van der Waals surface area contributed by atoms with Crippen molar-refractivity contribution >= 4 is 10.8 Å². The van der Waals surface area contributed by atoms with Gasteiger partial charge in [-0.15, -0.1) is 0 Å². The van der Waals surface area contributed by atoms with E-state index in [-0.39, 0.29) is 5.60 Å². The third kappa shape index (κ3) is 3.88. The number of methoxy groups -OCH3 is 1. The maximum Gasteiger partial charge on any atom is 0.127 e. The van der Waals surface area contributed by atoms with Gasteiger partial charge >= 0.3 is 0 Å². The minimum atomic E-state index is 0.0784. The molecule has 0 radical (unpaired) electrons. The predicted octanol–water partition coefficient (Wildman–Crippen LogP) is 3.91. The van der Waals surface area contributed by atoms with Crippen molar-refractivity contribution in [2.24, 2.45) is 5.92 Å². The van der Waals surface area contributed by atoms with E-state index in [4.69, 9.17) is 14.2 Å². The molecule has 2 aliphatic heterocycles. The summed E-state index contributed by atoms with van der Waals surface area (Å²) in [6.07, 6.45) is 4.40. The van der Waals surface area contributed by atoms with Gasteiger partial charge in [-0.1, -0.05) is 24.3 Å². The smallest absolute Gasteiger partial charge is 0.127 e. The maximum atomic E-state index is 6.16. The second-order valence-corrected chi connectivity index (χ2v) is 7.65. The summed E-state index contributed by atoms with van der Waals surface area (Å²) < 4.78 is 17.3. The van der Waals surface area contributed by atoms with Crippen LogP contribution in [0.4, 0.5) is 0 Å². The first-order chi connectivity index (χ1) is 12.8. The van der Waals surface area contributed by atoms with Crippen LogP contribution in [0.25, 0.3) is 10.8 Å². The first kappa shape index (κ1) is 17.8. The van der Waals surface area contributed by atoms with Crippen LogP contribution in [-0.4, -0.2) is 39.1 Å². The molecule has 2 aliphatic rings. The normalized spacial score (nSPS) is 22.6. The molecule has 0 aromatic heterocycles. The maximum absolute atomic E-state index is 6.16. The Hall–Kier alpha value is -1.62. The van der Waals surface area contributed by atoms with Crippen molar-refractivity contribution in [3.63, 3.8) is 0 Å². The topological polar surface area (TPSA) is 39.7 Å². The largest absolute Gasteiger partial charge is 0.496 e. The highest BCUT2D eigenvalue weighted by atomic mass is 16.5. The molecule has 0 bridgehead atoms. The molecule has 2 aromatic carbocycles. The Morgan fingerprint density at radius 2 is 2.00 bits per heavy atom.